The number of fused-ring (bicyclic) bond motifs is 1. The highest BCUT2D eigenvalue weighted by molar-refractivity contribution is 6.02. The van der Waals surface area contributed by atoms with Crippen molar-refractivity contribution in [1.82, 2.24) is 5.32 Å². The van der Waals surface area contributed by atoms with Crippen molar-refractivity contribution in [3.05, 3.63) is 107 Å². The number of unbranched alkanes of at least 4 members (excludes halogenated alkanes) is 1. The number of carbonyl (C=O) groups excluding carboxylic acids is 4. The molecule has 1 atom stereocenters. The maximum Gasteiger partial charge on any atom is 0.330 e. The zero-order chi connectivity index (χ0) is 32.1. The summed E-state index contributed by atoms with van der Waals surface area (Å²) in [7, 11) is 1.25. The lowest BCUT2D eigenvalue weighted by Gasteiger charge is -2.20. The van der Waals surface area contributed by atoms with E-state index < -0.39 is 5.97 Å². The van der Waals surface area contributed by atoms with E-state index >= 15 is 0 Å². The maximum absolute atomic E-state index is 13.7. The largest absolute Gasteiger partial charge is 0.466 e. The Morgan fingerprint density at radius 3 is 2.45 bits per heavy atom. The molecule has 1 amide bonds. The molecule has 0 bridgehead atoms. The molecule has 44 heavy (non-hydrogen) atoms. The second kappa shape index (κ2) is 17.1. The third kappa shape index (κ3) is 9.85. The molecule has 0 fully saturated rings. The first-order valence-electron chi connectivity index (χ1n) is 15.2. The smallest absolute Gasteiger partial charge is 0.330 e. The van der Waals surface area contributed by atoms with Crippen molar-refractivity contribution in [1.29, 1.82) is 0 Å². The van der Waals surface area contributed by atoms with E-state index in [9.17, 15) is 19.2 Å². The van der Waals surface area contributed by atoms with Gasteiger partial charge in [0.15, 0.2) is 11.6 Å². The van der Waals surface area contributed by atoms with Crippen LogP contribution in [-0.4, -0.2) is 43.8 Å². The van der Waals surface area contributed by atoms with Gasteiger partial charge in [-0.25, -0.2) is 4.79 Å². The van der Waals surface area contributed by atoms with E-state index in [1.165, 1.54) is 25.7 Å². The number of aryl methyl sites for hydroxylation is 2. The topological polar surface area (TPSA) is 98.8 Å². The molecular weight excluding hydrogens is 554 g/mol. The lowest BCUT2D eigenvalue weighted by molar-refractivity contribution is -0.134. The minimum atomic E-state index is -0.581. The number of nitrogens with one attached hydrogen (secondary N) is 1. The van der Waals surface area contributed by atoms with Crippen LogP contribution in [0.15, 0.2) is 78.9 Å². The number of ketones is 2. The van der Waals surface area contributed by atoms with Crippen molar-refractivity contribution in [2.75, 3.05) is 20.3 Å². The van der Waals surface area contributed by atoms with Gasteiger partial charge in [-0.3, -0.25) is 14.4 Å². The number of carbonyl (C=O) groups is 4. The molecule has 0 spiro atoms. The fourth-order valence-electron chi connectivity index (χ4n) is 5.00. The van der Waals surface area contributed by atoms with E-state index in [0.29, 0.717) is 16.7 Å². The third-order valence-electron chi connectivity index (χ3n) is 7.48. The van der Waals surface area contributed by atoms with Gasteiger partial charge < -0.3 is 14.8 Å². The van der Waals surface area contributed by atoms with Crippen LogP contribution in [0.4, 0.5) is 0 Å². The second-order valence-corrected chi connectivity index (χ2v) is 10.9. The van der Waals surface area contributed by atoms with Gasteiger partial charge in [0, 0.05) is 42.4 Å². The summed E-state index contributed by atoms with van der Waals surface area (Å²) in [5.41, 5.74) is 3.79. The predicted octanol–water partition coefficient (Wildman–Crippen LogP) is 7.07. The van der Waals surface area contributed by atoms with Crippen LogP contribution in [-0.2, 0) is 31.9 Å². The molecule has 0 heterocycles. The quantitative estimate of drug-likeness (QED) is 0.0588. The molecular formula is C37H43NO6. The zero-order valence-corrected chi connectivity index (χ0v) is 26.2. The van der Waals surface area contributed by atoms with Crippen LogP contribution in [0.3, 0.4) is 0 Å². The first-order valence-corrected chi connectivity index (χ1v) is 15.2. The monoisotopic (exact) mass is 597 g/mol. The van der Waals surface area contributed by atoms with E-state index in [-0.39, 0.29) is 41.9 Å². The molecule has 1 unspecified atom stereocenters. The van der Waals surface area contributed by atoms with E-state index in [2.05, 4.69) is 47.8 Å². The molecule has 1 N–H and O–H groups in total. The van der Waals surface area contributed by atoms with E-state index in [1.54, 1.807) is 18.2 Å². The molecule has 3 aromatic rings. The SMILES string of the molecule is C=C(/C=C/C(=O)OC)C(=O)CCc1ccc(C(C)=O)cc1C(=O)NC(C)c1cc(CCCCOCCC)cc2ccccc12. The Hall–Kier alpha value is -4.36. The average molecular weight is 598 g/mol. The van der Waals surface area contributed by atoms with Gasteiger partial charge in [-0.15, -0.1) is 0 Å². The number of amides is 1. The Kier molecular flexibility index (Phi) is 13.2. The van der Waals surface area contributed by atoms with E-state index in [0.717, 1.165) is 61.3 Å². The summed E-state index contributed by atoms with van der Waals surface area (Å²) < 4.78 is 10.2. The summed E-state index contributed by atoms with van der Waals surface area (Å²) in [5, 5.41) is 5.32. The molecule has 0 aliphatic heterocycles. The molecule has 7 heteroatoms. The maximum atomic E-state index is 13.7. The molecule has 0 radical (unpaired) electrons. The van der Waals surface area contributed by atoms with Crippen LogP contribution in [0.2, 0.25) is 0 Å². The van der Waals surface area contributed by atoms with Crippen molar-refractivity contribution in [2.24, 2.45) is 0 Å². The molecule has 7 nitrogen and oxygen atoms in total. The standard InChI is InChI=1S/C37H43NO6/c1-6-20-44-21-10-9-11-28-22-31-12-7-8-13-32(31)33(23-28)26(3)38-37(42)34-24-30(27(4)39)16-15-29(34)17-18-35(40)25(2)14-19-36(41)43-5/h7-8,12-16,19,22-24,26H,2,6,9-11,17-18,20-21H2,1,3-5H3,(H,38,42)/b19-14+. The van der Waals surface area contributed by atoms with Gasteiger partial charge in [-0.1, -0.05) is 62.0 Å². The van der Waals surface area contributed by atoms with E-state index in [4.69, 9.17) is 4.74 Å². The molecule has 3 aromatic carbocycles. The fourth-order valence-corrected chi connectivity index (χ4v) is 5.00. The average Bonchev–Trinajstić information content (AvgIpc) is 3.03. The summed E-state index contributed by atoms with van der Waals surface area (Å²) in [6, 6.07) is 17.2. The summed E-state index contributed by atoms with van der Waals surface area (Å²) in [4.78, 5) is 49.9. The third-order valence-corrected chi connectivity index (χ3v) is 7.48. The van der Waals surface area contributed by atoms with Gasteiger partial charge in [0.25, 0.3) is 5.91 Å². The molecule has 0 aliphatic rings. The van der Waals surface area contributed by atoms with Crippen molar-refractivity contribution in [3.8, 4) is 0 Å². The molecule has 232 valence electrons. The van der Waals surface area contributed by atoms with E-state index in [1.807, 2.05) is 19.1 Å². The highest BCUT2D eigenvalue weighted by atomic mass is 16.5. The van der Waals surface area contributed by atoms with Crippen molar-refractivity contribution < 1.29 is 28.7 Å². The highest BCUT2D eigenvalue weighted by Gasteiger charge is 2.19. The second-order valence-electron chi connectivity index (χ2n) is 10.9. The van der Waals surface area contributed by atoms with Crippen LogP contribution in [0.25, 0.3) is 10.8 Å². The lowest BCUT2D eigenvalue weighted by atomic mass is 9.93. The molecule has 0 aliphatic carbocycles. The van der Waals surface area contributed by atoms with Crippen molar-refractivity contribution in [3.63, 3.8) is 0 Å². The molecule has 3 rings (SSSR count). The Morgan fingerprint density at radius 1 is 0.955 bits per heavy atom. The fraction of sp³-hybridized carbons (Fsp3) is 0.351. The Bertz CT molecular complexity index is 1540. The number of hydrogen-bond acceptors (Lipinski definition) is 6. The van der Waals surface area contributed by atoms with Gasteiger partial charge >= 0.3 is 5.97 Å². The van der Waals surface area contributed by atoms with Gasteiger partial charge in [-0.2, -0.15) is 0 Å². The zero-order valence-electron chi connectivity index (χ0n) is 26.2. The van der Waals surface area contributed by atoms with Crippen molar-refractivity contribution >= 4 is 34.2 Å². The number of esters is 1. The van der Waals surface area contributed by atoms with Crippen LogP contribution >= 0.6 is 0 Å². The first kappa shape index (κ1) is 34.1. The number of benzene rings is 3. The number of methoxy groups -OCH3 is 1. The summed E-state index contributed by atoms with van der Waals surface area (Å²) >= 11 is 0. The Balaban J connectivity index is 1.81. The lowest BCUT2D eigenvalue weighted by Crippen LogP contribution is -2.28. The minimum absolute atomic E-state index is 0.0791. The normalized spacial score (nSPS) is 11.8. The highest BCUT2D eigenvalue weighted by Crippen LogP contribution is 2.28. The minimum Gasteiger partial charge on any atom is -0.466 e. The van der Waals surface area contributed by atoms with Gasteiger partial charge in [0.1, 0.15) is 0 Å². The molecule has 0 aromatic heterocycles. The number of Topliss-reactive ketones (excluding diaryl/α,β-unsaturated/α-hetero) is 2. The van der Waals surface area contributed by atoms with Crippen LogP contribution in [0.1, 0.15) is 89.9 Å². The predicted molar refractivity (Wildman–Crippen MR) is 174 cm³/mol. The van der Waals surface area contributed by atoms with Crippen LogP contribution < -0.4 is 5.32 Å². The Morgan fingerprint density at radius 2 is 1.73 bits per heavy atom. The first-order chi connectivity index (χ1) is 21.1. The summed E-state index contributed by atoms with van der Waals surface area (Å²) in [6.45, 7) is 10.8. The van der Waals surface area contributed by atoms with Gasteiger partial charge in [-0.05, 0) is 85.6 Å². The molecule has 0 saturated heterocycles. The number of ether oxygens (including phenoxy) is 2. The number of rotatable bonds is 17. The summed E-state index contributed by atoms with van der Waals surface area (Å²) in [6.07, 6.45) is 6.72. The number of allylic oxidation sites excluding steroid dienone is 2. The van der Waals surface area contributed by atoms with Gasteiger partial charge in [0.05, 0.1) is 13.2 Å². The number of hydrogen-bond donors (Lipinski definition) is 1. The van der Waals surface area contributed by atoms with Gasteiger partial charge in [0.2, 0.25) is 0 Å². The van der Waals surface area contributed by atoms with Crippen LogP contribution in [0, 0.1) is 0 Å². The summed E-state index contributed by atoms with van der Waals surface area (Å²) in [5.74, 6) is -1.33. The molecule has 0 saturated carbocycles. The van der Waals surface area contributed by atoms with Crippen LogP contribution in [0.5, 0.6) is 0 Å². The Labute approximate surface area is 260 Å². The van der Waals surface area contributed by atoms with Crippen molar-refractivity contribution in [2.45, 2.75) is 65.3 Å².